The van der Waals surface area contributed by atoms with Gasteiger partial charge >= 0.3 is 0 Å². The first-order valence-electron chi connectivity index (χ1n) is 7.10. The number of aromatic nitrogens is 1. The smallest absolute Gasteiger partial charge is 0.264 e. The van der Waals surface area contributed by atoms with Crippen LogP contribution in [0.15, 0.2) is 4.79 Å². The van der Waals surface area contributed by atoms with Gasteiger partial charge in [-0.15, -0.1) is 12.4 Å². The van der Waals surface area contributed by atoms with Crippen molar-refractivity contribution in [3.8, 4) is 5.75 Å². The minimum Gasteiger partial charge on any atom is -0.507 e. The summed E-state index contributed by atoms with van der Waals surface area (Å²) in [6.07, 6.45) is 4.97. The summed E-state index contributed by atoms with van der Waals surface area (Å²) in [5.74, 6) is -0.672. The van der Waals surface area contributed by atoms with E-state index in [1.54, 1.807) is 0 Å². The van der Waals surface area contributed by atoms with Crippen LogP contribution in [0, 0.1) is 0 Å². The molecule has 0 aromatic carbocycles. The number of aromatic hydroxyl groups is 1. The van der Waals surface area contributed by atoms with E-state index in [-0.39, 0.29) is 23.7 Å². The molecule has 0 saturated carbocycles. The Balaban J connectivity index is 0.00000220. The number of amides is 1. The predicted molar refractivity (Wildman–Crippen MR) is 83.2 cm³/mol. The average Bonchev–Trinajstić information content (AvgIpc) is 2.43. The zero-order valence-corrected chi connectivity index (χ0v) is 12.7. The van der Waals surface area contributed by atoms with Crippen molar-refractivity contribution in [2.24, 2.45) is 5.73 Å². The van der Waals surface area contributed by atoms with Gasteiger partial charge in [0.25, 0.3) is 11.5 Å². The Bertz CT molecular complexity index is 557. The molecule has 0 spiro atoms. The normalized spacial score (nSPS) is 13.2. The first-order valence-corrected chi connectivity index (χ1v) is 7.10. The maximum Gasteiger partial charge on any atom is 0.264 e. The van der Waals surface area contributed by atoms with E-state index in [1.807, 2.05) is 0 Å². The van der Waals surface area contributed by atoms with Gasteiger partial charge in [0.1, 0.15) is 11.3 Å². The molecule has 1 aromatic heterocycles. The molecule has 0 radical (unpaired) electrons. The van der Waals surface area contributed by atoms with Gasteiger partial charge in [-0.2, -0.15) is 0 Å². The number of H-pyrrole nitrogens is 1. The lowest BCUT2D eigenvalue weighted by Gasteiger charge is -2.18. The fourth-order valence-electron chi connectivity index (χ4n) is 2.53. The fraction of sp³-hybridized carbons (Fsp3) is 0.571. The summed E-state index contributed by atoms with van der Waals surface area (Å²) in [7, 11) is 0. The second-order valence-electron chi connectivity index (χ2n) is 5.09. The van der Waals surface area contributed by atoms with Crippen LogP contribution in [0.2, 0.25) is 0 Å². The van der Waals surface area contributed by atoms with Crippen LogP contribution in [-0.4, -0.2) is 29.1 Å². The van der Waals surface area contributed by atoms with Crippen molar-refractivity contribution in [1.29, 1.82) is 0 Å². The molecule has 0 fully saturated rings. The summed E-state index contributed by atoms with van der Waals surface area (Å²) in [6, 6.07) is 0. The number of unbranched alkanes of at least 4 members (excludes halogenated alkanes) is 1. The van der Waals surface area contributed by atoms with Gasteiger partial charge in [-0.1, -0.05) is 0 Å². The zero-order chi connectivity index (χ0) is 14.5. The Morgan fingerprint density at radius 2 is 2.00 bits per heavy atom. The SMILES string of the molecule is Cl.NCCCCNC(=O)c1c(O)c2c([nH]c1=O)CCCC2. The van der Waals surface area contributed by atoms with Gasteiger partial charge in [-0.25, -0.2) is 0 Å². The van der Waals surface area contributed by atoms with Gasteiger partial charge in [0.2, 0.25) is 0 Å². The number of nitrogens with one attached hydrogen (secondary N) is 2. The first kappa shape index (κ1) is 17.5. The lowest BCUT2D eigenvalue weighted by atomic mass is 9.93. The number of carbonyl (C=O) groups is 1. The highest BCUT2D eigenvalue weighted by Crippen LogP contribution is 2.28. The van der Waals surface area contributed by atoms with Gasteiger partial charge in [0.15, 0.2) is 0 Å². The summed E-state index contributed by atoms with van der Waals surface area (Å²) in [6.45, 7) is 1.02. The standard InChI is InChI=1S/C14H21N3O3.ClH/c15-7-3-4-8-16-13(19)11-12(18)9-5-1-2-6-10(9)17-14(11)20;/h1-8,15H2,(H,16,19)(H2,17,18,20);1H. The molecule has 0 atom stereocenters. The zero-order valence-electron chi connectivity index (χ0n) is 11.9. The van der Waals surface area contributed by atoms with Crippen LogP contribution < -0.4 is 16.6 Å². The number of rotatable bonds is 5. The largest absolute Gasteiger partial charge is 0.507 e. The second kappa shape index (κ2) is 8.05. The topological polar surface area (TPSA) is 108 Å². The maximum atomic E-state index is 12.0. The van der Waals surface area contributed by atoms with Crippen molar-refractivity contribution in [3.05, 3.63) is 27.2 Å². The van der Waals surface area contributed by atoms with Crippen molar-refractivity contribution in [2.45, 2.75) is 38.5 Å². The maximum absolute atomic E-state index is 12.0. The Morgan fingerprint density at radius 3 is 2.71 bits per heavy atom. The molecule has 7 heteroatoms. The van der Waals surface area contributed by atoms with E-state index in [9.17, 15) is 14.7 Å². The number of aromatic amines is 1. The summed E-state index contributed by atoms with van der Waals surface area (Å²) in [5.41, 5.74) is 6.16. The molecule has 0 saturated heterocycles. The number of nitrogens with two attached hydrogens (primary N) is 1. The van der Waals surface area contributed by atoms with Gasteiger partial charge in [-0.3, -0.25) is 9.59 Å². The molecule has 118 valence electrons. The molecule has 5 N–H and O–H groups in total. The Kier molecular flexibility index (Phi) is 6.71. The lowest BCUT2D eigenvalue weighted by molar-refractivity contribution is 0.0948. The van der Waals surface area contributed by atoms with E-state index in [0.29, 0.717) is 25.1 Å². The quantitative estimate of drug-likeness (QED) is 0.604. The van der Waals surface area contributed by atoms with Crippen molar-refractivity contribution in [2.75, 3.05) is 13.1 Å². The van der Waals surface area contributed by atoms with Crippen molar-refractivity contribution in [3.63, 3.8) is 0 Å². The van der Waals surface area contributed by atoms with Gasteiger partial charge in [0, 0.05) is 17.8 Å². The highest BCUT2D eigenvalue weighted by molar-refractivity contribution is 5.96. The predicted octanol–water partition coefficient (Wildman–Crippen LogP) is 0.850. The Hall–Kier alpha value is -1.53. The van der Waals surface area contributed by atoms with Crippen LogP contribution in [0.5, 0.6) is 5.75 Å². The molecule has 6 nitrogen and oxygen atoms in total. The van der Waals surface area contributed by atoms with Gasteiger partial charge < -0.3 is 21.1 Å². The molecule has 21 heavy (non-hydrogen) atoms. The van der Waals surface area contributed by atoms with Crippen molar-refractivity contribution in [1.82, 2.24) is 10.3 Å². The monoisotopic (exact) mass is 315 g/mol. The van der Waals surface area contributed by atoms with Gasteiger partial charge in [0.05, 0.1) is 0 Å². The average molecular weight is 316 g/mol. The van der Waals surface area contributed by atoms with Crippen LogP contribution in [0.4, 0.5) is 0 Å². The summed E-state index contributed by atoms with van der Waals surface area (Å²) in [4.78, 5) is 26.7. The molecule has 1 aliphatic carbocycles. The molecule has 0 bridgehead atoms. The van der Waals surface area contributed by atoms with Gasteiger partial charge in [-0.05, 0) is 45.1 Å². The summed E-state index contributed by atoms with van der Waals surface area (Å²) in [5, 5.41) is 12.8. The molecular weight excluding hydrogens is 294 g/mol. The van der Waals surface area contributed by atoms with Crippen LogP contribution in [0.1, 0.15) is 47.3 Å². The number of halogens is 1. The third kappa shape index (κ3) is 3.98. The van der Waals surface area contributed by atoms with E-state index >= 15 is 0 Å². The molecule has 2 rings (SSSR count). The number of pyridine rings is 1. The highest BCUT2D eigenvalue weighted by atomic mass is 35.5. The molecular formula is C14H22ClN3O3. The number of aryl methyl sites for hydroxylation is 1. The van der Waals surface area contributed by atoms with E-state index < -0.39 is 11.5 Å². The van der Waals surface area contributed by atoms with E-state index in [2.05, 4.69) is 10.3 Å². The summed E-state index contributed by atoms with van der Waals surface area (Å²) < 4.78 is 0. The van der Waals surface area contributed by atoms with Crippen LogP contribution in [-0.2, 0) is 12.8 Å². The molecule has 1 aliphatic rings. The molecule has 1 heterocycles. The fourth-order valence-corrected chi connectivity index (χ4v) is 2.53. The Morgan fingerprint density at radius 1 is 1.29 bits per heavy atom. The third-order valence-electron chi connectivity index (χ3n) is 3.63. The number of hydrogen-bond acceptors (Lipinski definition) is 4. The van der Waals surface area contributed by atoms with E-state index in [4.69, 9.17) is 5.73 Å². The minimum absolute atomic E-state index is 0. The third-order valence-corrected chi connectivity index (χ3v) is 3.63. The van der Waals surface area contributed by atoms with Crippen LogP contribution >= 0.6 is 12.4 Å². The van der Waals surface area contributed by atoms with Crippen LogP contribution in [0.25, 0.3) is 0 Å². The highest BCUT2D eigenvalue weighted by Gasteiger charge is 2.23. The molecule has 1 amide bonds. The number of hydrogen-bond donors (Lipinski definition) is 4. The second-order valence-corrected chi connectivity index (χ2v) is 5.09. The lowest BCUT2D eigenvalue weighted by Crippen LogP contribution is -2.32. The Labute approximate surface area is 129 Å². The molecule has 0 unspecified atom stereocenters. The minimum atomic E-state index is -0.519. The van der Waals surface area contributed by atoms with Crippen molar-refractivity contribution >= 4 is 18.3 Å². The summed E-state index contributed by atoms with van der Waals surface area (Å²) >= 11 is 0. The first-order chi connectivity index (χ1) is 9.65. The van der Waals surface area contributed by atoms with Crippen molar-refractivity contribution < 1.29 is 9.90 Å². The number of carbonyl (C=O) groups excluding carboxylic acids is 1. The van der Waals surface area contributed by atoms with E-state index in [0.717, 1.165) is 37.8 Å². The molecule has 1 aromatic rings. The van der Waals surface area contributed by atoms with E-state index in [1.165, 1.54) is 0 Å². The van der Waals surface area contributed by atoms with Crippen LogP contribution in [0.3, 0.4) is 0 Å². The molecule has 0 aliphatic heterocycles. The number of fused-ring (bicyclic) bond motifs is 1.